The van der Waals surface area contributed by atoms with Crippen LogP contribution in [-0.4, -0.2) is 23.2 Å². The highest BCUT2D eigenvalue weighted by Crippen LogP contribution is 2.37. The van der Waals surface area contributed by atoms with E-state index in [4.69, 9.17) is 44.6 Å². The van der Waals surface area contributed by atoms with Crippen LogP contribution in [0, 0.1) is 0 Å². The molecule has 0 aliphatic rings. The zero-order valence-electron chi connectivity index (χ0n) is 10.9. The Morgan fingerprint density at radius 3 is 2.38 bits per heavy atom. The highest BCUT2D eigenvalue weighted by Gasteiger charge is 2.14. The van der Waals surface area contributed by atoms with Crippen molar-refractivity contribution in [1.29, 1.82) is 0 Å². The van der Waals surface area contributed by atoms with Crippen molar-refractivity contribution in [3.8, 4) is 17.0 Å². The van der Waals surface area contributed by atoms with Crippen molar-refractivity contribution in [1.82, 2.24) is 4.98 Å². The lowest BCUT2D eigenvalue weighted by molar-refractivity contribution is -0.136. The summed E-state index contributed by atoms with van der Waals surface area (Å²) in [5.74, 6) is -0.668. The van der Waals surface area contributed by atoms with E-state index in [2.05, 4.69) is 4.98 Å². The van der Waals surface area contributed by atoms with E-state index in [9.17, 15) is 4.79 Å². The maximum Gasteiger partial charge on any atom is 0.309 e. The average molecular weight is 347 g/mol. The number of halogens is 3. The molecular weight excluding hydrogens is 337 g/mol. The van der Waals surface area contributed by atoms with Gasteiger partial charge in [-0.3, -0.25) is 4.79 Å². The number of aliphatic carboxylic acids is 1. The number of carbonyl (C=O) groups is 1. The first-order valence-electron chi connectivity index (χ1n) is 5.83. The number of pyridine rings is 1. The van der Waals surface area contributed by atoms with Crippen LogP contribution in [0.15, 0.2) is 24.3 Å². The van der Waals surface area contributed by atoms with Crippen molar-refractivity contribution >= 4 is 40.8 Å². The van der Waals surface area contributed by atoms with E-state index in [1.54, 1.807) is 24.3 Å². The fraction of sp³-hybridized carbons (Fsp3) is 0.143. The maximum absolute atomic E-state index is 10.7. The summed E-state index contributed by atoms with van der Waals surface area (Å²) in [5.41, 5.74) is 1.72. The molecule has 0 amide bonds. The Morgan fingerprint density at radius 1 is 1.24 bits per heavy atom. The molecule has 0 bridgehead atoms. The zero-order chi connectivity index (χ0) is 15.6. The van der Waals surface area contributed by atoms with Crippen LogP contribution in [0.2, 0.25) is 15.1 Å². The monoisotopic (exact) mass is 345 g/mol. The predicted molar refractivity (Wildman–Crippen MR) is 82.6 cm³/mol. The molecule has 4 nitrogen and oxygen atoms in total. The number of hydrogen-bond acceptors (Lipinski definition) is 3. The Bertz CT molecular complexity index is 681. The normalized spacial score (nSPS) is 10.5. The minimum absolute atomic E-state index is 0.182. The second-order valence-electron chi connectivity index (χ2n) is 4.18. The van der Waals surface area contributed by atoms with Gasteiger partial charge in [-0.15, -0.1) is 0 Å². The lowest BCUT2D eigenvalue weighted by atomic mass is 10.1. The largest absolute Gasteiger partial charge is 0.481 e. The summed E-state index contributed by atoms with van der Waals surface area (Å²) < 4.78 is 5.21. The van der Waals surface area contributed by atoms with E-state index in [0.29, 0.717) is 32.7 Å². The third-order valence-corrected chi connectivity index (χ3v) is 3.94. The van der Waals surface area contributed by atoms with Crippen LogP contribution in [0.1, 0.15) is 5.69 Å². The Hall–Kier alpha value is -1.49. The quantitative estimate of drug-likeness (QED) is 0.836. The van der Waals surface area contributed by atoms with Gasteiger partial charge in [0, 0.05) is 5.56 Å². The van der Waals surface area contributed by atoms with Gasteiger partial charge < -0.3 is 9.84 Å². The van der Waals surface area contributed by atoms with Gasteiger partial charge in [-0.25, -0.2) is 4.98 Å². The van der Waals surface area contributed by atoms with Crippen LogP contribution in [-0.2, 0) is 11.2 Å². The summed E-state index contributed by atoms with van der Waals surface area (Å²) in [6.07, 6.45) is -0.182. The van der Waals surface area contributed by atoms with E-state index in [0.717, 1.165) is 0 Å². The molecule has 1 aromatic carbocycles. The SMILES string of the molecule is COc1nc(CC(=O)O)ccc1-c1cc(Cl)c(Cl)c(Cl)c1. The zero-order valence-corrected chi connectivity index (χ0v) is 13.1. The Kier molecular flexibility index (Phi) is 4.93. The fourth-order valence-electron chi connectivity index (χ4n) is 1.82. The fourth-order valence-corrected chi connectivity index (χ4v) is 2.41. The van der Waals surface area contributed by atoms with Gasteiger partial charge >= 0.3 is 5.97 Å². The third-order valence-electron chi connectivity index (χ3n) is 2.74. The molecule has 0 atom stereocenters. The molecule has 0 unspecified atom stereocenters. The van der Waals surface area contributed by atoms with Gasteiger partial charge in [0.05, 0.1) is 34.3 Å². The Morgan fingerprint density at radius 2 is 1.86 bits per heavy atom. The molecule has 21 heavy (non-hydrogen) atoms. The van der Waals surface area contributed by atoms with Gasteiger partial charge in [-0.2, -0.15) is 0 Å². The van der Waals surface area contributed by atoms with Gasteiger partial charge in [-0.1, -0.05) is 34.8 Å². The minimum Gasteiger partial charge on any atom is -0.481 e. The number of aromatic nitrogens is 1. The van der Waals surface area contributed by atoms with Crippen molar-refractivity contribution in [3.63, 3.8) is 0 Å². The average Bonchev–Trinajstić information content (AvgIpc) is 2.43. The molecule has 1 N–H and O–H groups in total. The van der Waals surface area contributed by atoms with Crippen LogP contribution in [0.4, 0.5) is 0 Å². The summed E-state index contributed by atoms with van der Waals surface area (Å²) in [5, 5.41) is 9.70. The molecule has 7 heteroatoms. The van der Waals surface area contributed by atoms with Crippen molar-refractivity contribution in [3.05, 3.63) is 45.0 Å². The molecule has 0 aliphatic heterocycles. The van der Waals surface area contributed by atoms with E-state index >= 15 is 0 Å². The number of rotatable bonds is 4. The summed E-state index contributed by atoms with van der Waals surface area (Å²) in [6, 6.07) is 6.61. The van der Waals surface area contributed by atoms with Gasteiger partial charge in [0.25, 0.3) is 0 Å². The molecule has 0 fully saturated rings. The van der Waals surface area contributed by atoms with E-state index in [1.807, 2.05) is 0 Å². The molecule has 0 saturated heterocycles. The van der Waals surface area contributed by atoms with E-state index in [-0.39, 0.29) is 11.4 Å². The van der Waals surface area contributed by atoms with Crippen LogP contribution in [0.5, 0.6) is 5.88 Å². The standard InChI is InChI=1S/C14H10Cl3NO3/c1-21-14-9(3-2-8(18-14)6-12(19)20)7-4-10(15)13(17)11(16)5-7/h2-5H,6H2,1H3,(H,19,20). The van der Waals surface area contributed by atoms with Crippen molar-refractivity contribution < 1.29 is 14.6 Å². The molecule has 2 aromatic rings. The Balaban J connectivity index is 2.51. The van der Waals surface area contributed by atoms with Crippen molar-refractivity contribution in [2.45, 2.75) is 6.42 Å². The predicted octanol–water partition coefficient (Wildman–Crippen LogP) is 4.34. The van der Waals surface area contributed by atoms with Crippen molar-refractivity contribution in [2.24, 2.45) is 0 Å². The summed E-state index contributed by atoms with van der Waals surface area (Å²) >= 11 is 17.9. The second kappa shape index (κ2) is 6.52. The first kappa shape index (κ1) is 15.9. The molecule has 0 radical (unpaired) electrons. The molecule has 2 rings (SSSR count). The van der Waals surface area contributed by atoms with Crippen LogP contribution in [0.3, 0.4) is 0 Å². The molecule has 0 saturated carbocycles. The van der Waals surface area contributed by atoms with E-state index in [1.165, 1.54) is 7.11 Å². The number of carboxylic acid groups (broad SMARTS) is 1. The number of methoxy groups -OCH3 is 1. The highest BCUT2D eigenvalue weighted by molar-refractivity contribution is 6.48. The Labute approximate surface area is 136 Å². The number of nitrogens with zero attached hydrogens (tertiary/aromatic N) is 1. The first-order valence-corrected chi connectivity index (χ1v) is 6.96. The number of carboxylic acids is 1. The lowest BCUT2D eigenvalue weighted by Crippen LogP contribution is -2.03. The molecule has 1 heterocycles. The minimum atomic E-state index is -0.963. The molecule has 1 aromatic heterocycles. The first-order chi connectivity index (χ1) is 9.92. The third kappa shape index (κ3) is 3.59. The van der Waals surface area contributed by atoms with Gasteiger partial charge in [0.2, 0.25) is 5.88 Å². The summed E-state index contributed by atoms with van der Waals surface area (Å²) in [6.45, 7) is 0. The molecule has 0 aliphatic carbocycles. The van der Waals surface area contributed by atoms with Crippen molar-refractivity contribution in [2.75, 3.05) is 7.11 Å². The lowest BCUT2D eigenvalue weighted by Gasteiger charge is -2.11. The van der Waals surface area contributed by atoms with Gasteiger partial charge in [-0.05, 0) is 29.8 Å². The maximum atomic E-state index is 10.7. The van der Waals surface area contributed by atoms with E-state index < -0.39 is 5.97 Å². The number of benzene rings is 1. The molecule has 0 spiro atoms. The van der Waals surface area contributed by atoms with Gasteiger partial charge in [0.1, 0.15) is 0 Å². The van der Waals surface area contributed by atoms with Crippen LogP contribution < -0.4 is 4.74 Å². The number of hydrogen-bond donors (Lipinski definition) is 1. The highest BCUT2D eigenvalue weighted by atomic mass is 35.5. The topological polar surface area (TPSA) is 59.4 Å². The second-order valence-corrected chi connectivity index (χ2v) is 5.38. The van der Waals surface area contributed by atoms with Crippen LogP contribution >= 0.6 is 34.8 Å². The molecular formula is C14H10Cl3NO3. The summed E-state index contributed by atoms with van der Waals surface area (Å²) in [4.78, 5) is 14.9. The number of ether oxygens (including phenoxy) is 1. The molecule has 110 valence electrons. The van der Waals surface area contributed by atoms with Crippen LogP contribution in [0.25, 0.3) is 11.1 Å². The summed E-state index contributed by atoms with van der Waals surface area (Å²) in [7, 11) is 1.45. The smallest absolute Gasteiger partial charge is 0.309 e. The van der Waals surface area contributed by atoms with Gasteiger partial charge in [0.15, 0.2) is 0 Å².